The van der Waals surface area contributed by atoms with E-state index in [1.165, 1.54) is 44.2 Å². The largest absolute Gasteiger partial charge is 0.508 e. The predicted molar refractivity (Wildman–Crippen MR) is 105 cm³/mol. The molecule has 1 heterocycles. The van der Waals surface area contributed by atoms with Gasteiger partial charge in [0.1, 0.15) is 34.4 Å². The zero-order valence-electron chi connectivity index (χ0n) is 15.8. The average molecular weight is 386 g/mol. The van der Waals surface area contributed by atoms with E-state index in [0.29, 0.717) is 5.58 Å². The van der Waals surface area contributed by atoms with E-state index < -0.39 is 5.63 Å². The molecule has 1 aromatic heterocycles. The molecule has 148 valence electrons. The van der Waals surface area contributed by atoms with Crippen molar-refractivity contribution in [3.05, 3.63) is 64.5 Å². The van der Waals surface area contributed by atoms with E-state index in [0.717, 1.165) is 10.9 Å². The Hall–Kier alpha value is -3.61. The highest BCUT2D eigenvalue weighted by molar-refractivity contribution is 5.96. The Morgan fingerprint density at radius 2 is 1.39 bits per heavy atom. The Kier molecular flexibility index (Phi) is 8.43. The number of ketones is 2. The molecule has 0 bridgehead atoms. The van der Waals surface area contributed by atoms with Crippen LogP contribution in [-0.4, -0.2) is 26.9 Å². The monoisotopic (exact) mass is 386 g/mol. The van der Waals surface area contributed by atoms with Crippen molar-refractivity contribution in [3.63, 3.8) is 0 Å². The molecule has 3 aromatic rings. The molecule has 0 spiro atoms. The van der Waals surface area contributed by atoms with Crippen molar-refractivity contribution in [2.24, 2.45) is 0 Å². The van der Waals surface area contributed by atoms with E-state index >= 15 is 0 Å². The molecule has 0 aliphatic carbocycles. The molecule has 0 amide bonds. The summed E-state index contributed by atoms with van der Waals surface area (Å²) in [7, 11) is 0. The smallest absolute Gasteiger partial charge is 0.336 e. The van der Waals surface area contributed by atoms with E-state index in [1.54, 1.807) is 18.2 Å². The Morgan fingerprint density at radius 3 is 1.82 bits per heavy atom. The van der Waals surface area contributed by atoms with Crippen molar-refractivity contribution in [2.45, 2.75) is 27.2 Å². The number of hydrogen-bond acceptors (Lipinski definition) is 7. The van der Waals surface area contributed by atoms with Crippen molar-refractivity contribution in [3.8, 4) is 17.2 Å². The maximum atomic E-state index is 11.0. The summed E-state index contributed by atoms with van der Waals surface area (Å²) in [6, 6.07) is 12.0. The van der Waals surface area contributed by atoms with Gasteiger partial charge in [-0.1, -0.05) is 6.07 Å². The summed E-state index contributed by atoms with van der Waals surface area (Å²) in [5, 5.41) is 27.3. The normalized spacial score (nSPS) is 9.54. The summed E-state index contributed by atoms with van der Waals surface area (Å²) in [6.45, 7) is 4.64. The maximum Gasteiger partial charge on any atom is 0.336 e. The first-order valence-corrected chi connectivity index (χ1v) is 8.29. The van der Waals surface area contributed by atoms with Gasteiger partial charge in [-0.3, -0.25) is 9.59 Å². The lowest BCUT2D eigenvalue weighted by atomic mass is 10.1. The van der Waals surface area contributed by atoms with Crippen LogP contribution in [0.15, 0.2) is 57.7 Å². The second-order valence-electron chi connectivity index (χ2n) is 6.03. The summed E-state index contributed by atoms with van der Waals surface area (Å²) in [5.74, 6) is 0.149. The number of Topliss-reactive ketones (excluding diaryl/α,β-unsaturated/α-hetero) is 2. The summed E-state index contributed by atoms with van der Waals surface area (Å²) in [4.78, 5) is 31.0. The third-order valence-corrected chi connectivity index (χ3v) is 3.26. The maximum absolute atomic E-state index is 11.0. The Bertz CT molecular complexity index is 989. The van der Waals surface area contributed by atoms with Crippen molar-refractivity contribution < 1.29 is 29.3 Å². The van der Waals surface area contributed by atoms with Crippen LogP contribution in [0.25, 0.3) is 11.0 Å². The minimum absolute atomic E-state index is 0.0625. The summed E-state index contributed by atoms with van der Waals surface area (Å²) in [5.41, 5.74) is 0.881. The number of aryl methyl sites for hydroxylation is 1. The van der Waals surface area contributed by atoms with Crippen LogP contribution in [0.2, 0.25) is 0 Å². The Labute approximate surface area is 161 Å². The fourth-order valence-corrected chi connectivity index (χ4v) is 2.16. The van der Waals surface area contributed by atoms with Gasteiger partial charge in [-0.2, -0.15) is 0 Å². The number of phenolic OH excluding ortho intramolecular Hbond substituents is 3. The van der Waals surface area contributed by atoms with Gasteiger partial charge in [-0.25, -0.2) is 4.79 Å². The fraction of sp³-hybridized carbons (Fsp3) is 0.190. The third kappa shape index (κ3) is 8.18. The van der Waals surface area contributed by atoms with Gasteiger partial charge in [0, 0.05) is 23.6 Å². The van der Waals surface area contributed by atoms with Crippen molar-refractivity contribution in [1.82, 2.24) is 0 Å². The van der Waals surface area contributed by atoms with Crippen LogP contribution < -0.4 is 5.63 Å². The van der Waals surface area contributed by atoms with Crippen LogP contribution in [-0.2, 0) is 9.59 Å². The van der Waals surface area contributed by atoms with Crippen molar-refractivity contribution >= 4 is 22.5 Å². The molecule has 28 heavy (non-hydrogen) atoms. The number of fused-ring (bicyclic) bond motifs is 1. The highest BCUT2D eigenvalue weighted by Gasteiger charge is 2.01. The number of carbonyl (C=O) groups excluding carboxylic acids is 2. The van der Waals surface area contributed by atoms with Crippen LogP contribution in [0.4, 0.5) is 0 Å². The molecule has 0 saturated heterocycles. The molecule has 0 aliphatic heterocycles. The van der Waals surface area contributed by atoms with Gasteiger partial charge in [0.05, 0.1) is 6.42 Å². The van der Waals surface area contributed by atoms with Gasteiger partial charge in [0.15, 0.2) is 0 Å². The lowest BCUT2D eigenvalue weighted by molar-refractivity contribution is -0.124. The van der Waals surface area contributed by atoms with Gasteiger partial charge >= 0.3 is 5.63 Å². The molecule has 0 radical (unpaired) electrons. The van der Waals surface area contributed by atoms with E-state index in [9.17, 15) is 14.4 Å². The lowest BCUT2D eigenvalue weighted by Crippen LogP contribution is -1.97. The average Bonchev–Trinajstić information content (AvgIpc) is 2.53. The number of hydrogen-bond donors (Lipinski definition) is 3. The van der Waals surface area contributed by atoms with Gasteiger partial charge in [0.2, 0.25) is 0 Å². The fourth-order valence-electron chi connectivity index (χ4n) is 2.16. The number of benzene rings is 2. The molecule has 7 heteroatoms. The van der Waals surface area contributed by atoms with Crippen molar-refractivity contribution in [2.75, 3.05) is 0 Å². The van der Waals surface area contributed by atoms with Gasteiger partial charge in [0.25, 0.3) is 0 Å². The topological polar surface area (TPSA) is 125 Å². The first kappa shape index (κ1) is 22.4. The molecular weight excluding hydrogens is 364 g/mol. The SMILES string of the molecule is CC(=O)CC(C)=O.Cc1cc(=O)oc2cc(O)ccc12.Oc1cccc(O)c1. The minimum Gasteiger partial charge on any atom is -0.508 e. The molecule has 0 aliphatic rings. The number of rotatable bonds is 2. The Balaban J connectivity index is 0.000000227. The van der Waals surface area contributed by atoms with Gasteiger partial charge in [-0.15, -0.1) is 0 Å². The summed E-state index contributed by atoms with van der Waals surface area (Å²) < 4.78 is 4.91. The number of phenols is 3. The van der Waals surface area contributed by atoms with Crippen LogP contribution in [0.1, 0.15) is 25.8 Å². The summed E-state index contributed by atoms with van der Waals surface area (Å²) in [6.07, 6.45) is 0.0833. The van der Waals surface area contributed by atoms with E-state index in [-0.39, 0.29) is 35.2 Å². The molecule has 2 aromatic carbocycles. The van der Waals surface area contributed by atoms with Crippen LogP contribution in [0.3, 0.4) is 0 Å². The van der Waals surface area contributed by atoms with Crippen LogP contribution >= 0.6 is 0 Å². The highest BCUT2D eigenvalue weighted by Crippen LogP contribution is 2.20. The zero-order valence-corrected chi connectivity index (χ0v) is 15.8. The predicted octanol–water partition coefficient (Wildman–Crippen LogP) is 3.46. The zero-order chi connectivity index (χ0) is 21.3. The molecule has 3 rings (SSSR count). The molecule has 0 unspecified atom stereocenters. The molecule has 3 N–H and O–H groups in total. The molecule has 0 fully saturated rings. The van der Waals surface area contributed by atoms with Crippen molar-refractivity contribution in [1.29, 1.82) is 0 Å². The van der Waals surface area contributed by atoms with Crippen LogP contribution in [0, 0.1) is 6.92 Å². The van der Waals surface area contributed by atoms with E-state index in [2.05, 4.69) is 0 Å². The Morgan fingerprint density at radius 1 is 0.857 bits per heavy atom. The quantitative estimate of drug-likeness (QED) is 0.455. The second-order valence-corrected chi connectivity index (χ2v) is 6.03. The summed E-state index contributed by atoms with van der Waals surface area (Å²) >= 11 is 0. The number of aromatic hydroxyl groups is 3. The third-order valence-electron chi connectivity index (χ3n) is 3.26. The minimum atomic E-state index is -0.393. The highest BCUT2D eigenvalue weighted by atomic mass is 16.4. The van der Waals surface area contributed by atoms with Gasteiger partial charge in [-0.05, 0) is 50.6 Å². The van der Waals surface area contributed by atoms with Crippen LogP contribution in [0.5, 0.6) is 17.2 Å². The molecule has 0 saturated carbocycles. The lowest BCUT2D eigenvalue weighted by Gasteiger charge is -1.99. The molecule has 0 atom stereocenters. The number of carbonyl (C=O) groups is 2. The first-order valence-electron chi connectivity index (χ1n) is 8.29. The van der Waals surface area contributed by atoms with E-state index in [4.69, 9.17) is 19.7 Å². The van der Waals surface area contributed by atoms with E-state index in [1.807, 2.05) is 6.92 Å². The van der Waals surface area contributed by atoms with Gasteiger partial charge < -0.3 is 19.7 Å². The second kappa shape index (κ2) is 10.5. The molecule has 7 nitrogen and oxygen atoms in total. The standard InChI is InChI=1S/C10H8O3.C6H6O2.C5H8O2/c1-6-4-10(12)13-9-5-7(11)2-3-8(6)9;7-5-2-1-3-6(8)4-5;1-4(6)3-5(2)7/h2-5,11H,1H3;1-4,7-8H;3H2,1-2H3. The first-order chi connectivity index (χ1) is 13.1. The molecular formula is C21H22O7.